The molecule has 4 aromatic rings. The first kappa shape index (κ1) is 18.2. The van der Waals surface area contributed by atoms with E-state index in [1.54, 1.807) is 29.8 Å². The number of aromatic nitrogens is 4. The first-order valence-electron chi connectivity index (χ1n) is 9.01. The standard InChI is InChI=1S/C21H20FN5O/c1-13(11-23-3)17-6-7-20-25-12-19(27(20)26-17)21(2,28)15-9-14-5-4-8-24-18(14)10-16(15)22/h4-12,23,28H,1-3H3/p+1/b13-11+. The van der Waals surface area contributed by atoms with Crippen molar-refractivity contribution in [1.82, 2.24) is 19.6 Å². The van der Waals surface area contributed by atoms with Crippen molar-refractivity contribution >= 4 is 22.1 Å². The second-order valence-corrected chi connectivity index (χ2v) is 6.92. The summed E-state index contributed by atoms with van der Waals surface area (Å²) in [5.74, 6) is -0.529. The van der Waals surface area contributed by atoms with Gasteiger partial charge in [0, 0.05) is 28.8 Å². The molecule has 0 aliphatic carbocycles. The van der Waals surface area contributed by atoms with Gasteiger partial charge in [-0.2, -0.15) is 5.10 Å². The number of aliphatic hydroxyl groups is 1. The topological polar surface area (TPSA) is 79.9 Å². The second-order valence-electron chi connectivity index (χ2n) is 6.92. The van der Waals surface area contributed by atoms with Crippen LogP contribution in [0.4, 0.5) is 4.39 Å². The third-order valence-electron chi connectivity index (χ3n) is 4.90. The summed E-state index contributed by atoms with van der Waals surface area (Å²) in [6, 6.07) is 10.3. The van der Waals surface area contributed by atoms with E-state index in [1.807, 2.05) is 43.7 Å². The molecule has 3 aromatic heterocycles. The minimum absolute atomic E-state index is 0.149. The molecule has 0 spiro atoms. The van der Waals surface area contributed by atoms with Gasteiger partial charge in [0.1, 0.15) is 11.4 Å². The van der Waals surface area contributed by atoms with Crippen LogP contribution in [0.5, 0.6) is 0 Å². The lowest BCUT2D eigenvalue weighted by atomic mass is 9.91. The van der Waals surface area contributed by atoms with Gasteiger partial charge in [-0.1, -0.05) is 6.07 Å². The van der Waals surface area contributed by atoms with Crippen molar-refractivity contribution in [3.8, 4) is 0 Å². The van der Waals surface area contributed by atoms with Crippen molar-refractivity contribution in [1.29, 1.82) is 0 Å². The zero-order valence-electron chi connectivity index (χ0n) is 15.9. The smallest absolute Gasteiger partial charge is 0.153 e. The van der Waals surface area contributed by atoms with E-state index >= 15 is 0 Å². The largest absolute Gasteiger partial charge is 0.379 e. The van der Waals surface area contributed by atoms with Gasteiger partial charge in [0.25, 0.3) is 0 Å². The molecule has 0 amide bonds. The molecule has 4 rings (SSSR count). The molecule has 1 aromatic carbocycles. The fraction of sp³-hybridized carbons (Fsp3) is 0.190. The molecule has 0 saturated heterocycles. The van der Waals surface area contributed by atoms with Crippen LogP contribution < -0.4 is 5.32 Å². The Morgan fingerprint density at radius 1 is 1.25 bits per heavy atom. The Hall–Kier alpha value is -3.16. The molecular formula is C21H21FN5O+. The molecule has 0 radical (unpaired) electrons. The van der Waals surface area contributed by atoms with Crippen LogP contribution in [0, 0.1) is 5.82 Å². The average Bonchev–Trinajstić information content (AvgIpc) is 3.11. The van der Waals surface area contributed by atoms with Gasteiger partial charge in [-0.25, -0.2) is 13.9 Å². The monoisotopic (exact) mass is 378 g/mol. The Kier molecular flexibility index (Phi) is 4.41. The maximum Gasteiger partial charge on any atom is 0.153 e. The number of nitrogens with two attached hydrogens (primary N) is 1. The summed E-state index contributed by atoms with van der Waals surface area (Å²) in [7, 11) is 1.94. The molecule has 1 atom stereocenters. The van der Waals surface area contributed by atoms with E-state index < -0.39 is 11.4 Å². The van der Waals surface area contributed by atoms with E-state index in [4.69, 9.17) is 0 Å². The molecule has 3 N–H and O–H groups in total. The molecule has 0 aliphatic rings. The molecule has 0 aliphatic heterocycles. The van der Waals surface area contributed by atoms with Crippen molar-refractivity contribution in [2.75, 3.05) is 7.05 Å². The highest BCUT2D eigenvalue weighted by Crippen LogP contribution is 2.33. The zero-order chi connectivity index (χ0) is 19.9. The summed E-state index contributed by atoms with van der Waals surface area (Å²) in [4.78, 5) is 8.49. The maximum absolute atomic E-state index is 14.9. The van der Waals surface area contributed by atoms with E-state index in [2.05, 4.69) is 15.1 Å². The summed E-state index contributed by atoms with van der Waals surface area (Å²) in [5.41, 5.74) is 1.75. The molecule has 142 valence electrons. The molecular weight excluding hydrogens is 357 g/mol. The molecule has 28 heavy (non-hydrogen) atoms. The van der Waals surface area contributed by atoms with Crippen LogP contribution in [-0.4, -0.2) is 31.7 Å². The van der Waals surface area contributed by atoms with E-state index in [1.165, 1.54) is 12.3 Å². The summed E-state index contributed by atoms with van der Waals surface area (Å²) >= 11 is 0. The Morgan fingerprint density at radius 2 is 2.07 bits per heavy atom. The molecule has 3 heterocycles. The van der Waals surface area contributed by atoms with Crippen LogP contribution in [0.15, 0.2) is 55.0 Å². The summed E-state index contributed by atoms with van der Waals surface area (Å²) < 4.78 is 16.4. The predicted molar refractivity (Wildman–Crippen MR) is 105 cm³/mol. The maximum atomic E-state index is 14.9. The Morgan fingerprint density at radius 3 is 2.86 bits per heavy atom. The van der Waals surface area contributed by atoms with Gasteiger partial charge < -0.3 is 10.4 Å². The summed E-state index contributed by atoms with van der Waals surface area (Å²) in [6.45, 7) is 3.51. The number of hydrogen-bond acceptors (Lipinski definition) is 4. The van der Waals surface area contributed by atoms with Crippen LogP contribution in [0.25, 0.3) is 22.1 Å². The zero-order valence-corrected chi connectivity index (χ0v) is 15.9. The van der Waals surface area contributed by atoms with Gasteiger partial charge in [0.05, 0.1) is 36.3 Å². The lowest BCUT2D eigenvalue weighted by molar-refractivity contribution is -0.555. The van der Waals surface area contributed by atoms with Crippen LogP contribution in [0.3, 0.4) is 0 Å². The van der Waals surface area contributed by atoms with Crippen molar-refractivity contribution < 1.29 is 14.8 Å². The summed E-state index contributed by atoms with van der Waals surface area (Å²) in [6.07, 6.45) is 5.10. The fourth-order valence-corrected chi connectivity index (χ4v) is 3.36. The van der Waals surface area contributed by atoms with Gasteiger partial charge in [-0.3, -0.25) is 4.98 Å². The number of pyridine rings is 1. The molecule has 0 fully saturated rings. The molecule has 0 bridgehead atoms. The number of nitrogens with zero attached hydrogens (tertiary/aromatic N) is 4. The van der Waals surface area contributed by atoms with Crippen molar-refractivity contribution in [2.24, 2.45) is 0 Å². The number of fused-ring (bicyclic) bond motifs is 2. The molecule has 1 unspecified atom stereocenters. The first-order chi connectivity index (χ1) is 13.4. The minimum Gasteiger partial charge on any atom is -0.379 e. The summed E-state index contributed by atoms with van der Waals surface area (Å²) in [5, 5.41) is 18.6. The highest BCUT2D eigenvalue weighted by atomic mass is 19.1. The number of benzene rings is 1. The van der Waals surface area contributed by atoms with Gasteiger partial charge in [-0.05, 0) is 38.1 Å². The number of rotatable bonds is 4. The minimum atomic E-state index is -1.63. The molecule has 0 saturated carbocycles. The van der Waals surface area contributed by atoms with Gasteiger partial charge >= 0.3 is 0 Å². The van der Waals surface area contributed by atoms with E-state index in [9.17, 15) is 9.50 Å². The molecule has 6 nitrogen and oxygen atoms in total. The van der Waals surface area contributed by atoms with E-state index in [0.29, 0.717) is 16.9 Å². The quantitative estimate of drug-likeness (QED) is 0.571. The second kappa shape index (κ2) is 6.78. The number of allylic oxidation sites excluding steroid dienone is 1. The lowest BCUT2D eigenvalue weighted by Crippen LogP contribution is -2.72. The SMILES string of the molecule is C[NH2+]/C=C(\C)c1ccc2ncc(C(C)(O)c3cc4cccnc4cc3F)n2n1. The van der Waals surface area contributed by atoms with E-state index in [-0.39, 0.29) is 5.56 Å². The Balaban J connectivity index is 1.90. The third kappa shape index (κ3) is 2.94. The van der Waals surface area contributed by atoms with Crippen molar-refractivity contribution in [2.45, 2.75) is 19.4 Å². The van der Waals surface area contributed by atoms with Gasteiger partial charge in [0.15, 0.2) is 5.65 Å². The Bertz CT molecular complexity index is 1210. The van der Waals surface area contributed by atoms with Crippen molar-refractivity contribution in [3.05, 3.63) is 77.8 Å². The normalized spacial score (nSPS) is 14.5. The van der Waals surface area contributed by atoms with Crippen LogP contribution in [0.2, 0.25) is 0 Å². The number of hydrogen-bond donors (Lipinski definition) is 2. The molecule has 7 heteroatoms. The van der Waals surface area contributed by atoms with Crippen LogP contribution in [-0.2, 0) is 5.60 Å². The number of imidazole rings is 1. The Labute approximate surface area is 161 Å². The highest BCUT2D eigenvalue weighted by Gasteiger charge is 2.33. The van der Waals surface area contributed by atoms with Gasteiger partial charge in [0.2, 0.25) is 0 Å². The fourth-order valence-electron chi connectivity index (χ4n) is 3.36. The van der Waals surface area contributed by atoms with Crippen LogP contribution >= 0.6 is 0 Å². The third-order valence-corrected chi connectivity index (χ3v) is 4.90. The van der Waals surface area contributed by atoms with Crippen LogP contribution in [0.1, 0.15) is 30.8 Å². The van der Waals surface area contributed by atoms with E-state index in [0.717, 1.165) is 16.7 Å². The number of halogens is 1. The average molecular weight is 378 g/mol. The predicted octanol–water partition coefficient (Wildman–Crippen LogP) is 2.23. The lowest BCUT2D eigenvalue weighted by Gasteiger charge is -2.24. The van der Waals surface area contributed by atoms with Crippen molar-refractivity contribution in [3.63, 3.8) is 0 Å². The first-order valence-corrected chi connectivity index (χ1v) is 9.01. The number of quaternary nitrogens is 1. The highest BCUT2D eigenvalue weighted by molar-refractivity contribution is 5.79. The van der Waals surface area contributed by atoms with Gasteiger partial charge in [-0.15, -0.1) is 0 Å².